The first-order valence-corrected chi connectivity index (χ1v) is 7.39. The van der Waals surface area contributed by atoms with Crippen molar-refractivity contribution in [3.05, 3.63) is 0 Å². The molecule has 8 heteroatoms. The Morgan fingerprint density at radius 2 is 2.24 bits per heavy atom. The number of tetrazole rings is 1. The number of aryl methyl sites for hydroxylation is 1. The summed E-state index contributed by atoms with van der Waals surface area (Å²) < 4.78 is 7.35. The number of nitrogens with zero attached hydrogens (tertiary/aromatic N) is 4. The number of carbonyl (C=O) groups excluding carboxylic acids is 1. The van der Waals surface area contributed by atoms with Crippen LogP contribution in [0.15, 0.2) is 0 Å². The minimum atomic E-state index is -0.252. The lowest BCUT2D eigenvalue weighted by molar-refractivity contribution is 0.0190. The van der Waals surface area contributed by atoms with Crippen LogP contribution in [0.25, 0.3) is 0 Å². The van der Waals surface area contributed by atoms with Gasteiger partial charge in [0.25, 0.3) is 5.95 Å². The highest BCUT2D eigenvalue weighted by Gasteiger charge is 2.52. The molecule has 8 nitrogen and oxygen atoms in total. The Kier molecular flexibility index (Phi) is 3.35. The number of carbonyl (C=O) groups is 1. The van der Waals surface area contributed by atoms with Crippen molar-refractivity contribution in [3.8, 4) is 0 Å². The molecule has 2 fully saturated rings. The Bertz CT molecular complexity index is 535. The summed E-state index contributed by atoms with van der Waals surface area (Å²) in [6.07, 6.45) is 3.01. The van der Waals surface area contributed by atoms with Crippen LogP contribution in [0.1, 0.15) is 40.0 Å². The van der Waals surface area contributed by atoms with Gasteiger partial charge >= 0.3 is 6.03 Å². The predicted octanol–water partition coefficient (Wildman–Crippen LogP) is 1.16. The Morgan fingerprint density at radius 3 is 2.86 bits per heavy atom. The Balaban J connectivity index is 1.48. The average Bonchev–Trinajstić information content (AvgIpc) is 2.92. The van der Waals surface area contributed by atoms with Gasteiger partial charge in [-0.2, -0.15) is 0 Å². The van der Waals surface area contributed by atoms with E-state index in [9.17, 15) is 4.79 Å². The molecule has 0 unspecified atom stereocenters. The van der Waals surface area contributed by atoms with Crippen LogP contribution in [0.3, 0.4) is 0 Å². The monoisotopic (exact) mass is 294 g/mol. The second-order valence-electron chi connectivity index (χ2n) is 6.75. The summed E-state index contributed by atoms with van der Waals surface area (Å²) in [4.78, 5) is 12.0. The Hall–Kier alpha value is -1.70. The van der Waals surface area contributed by atoms with Gasteiger partial charge in [0.05, 0.1) is 12.2 Å². The number of amides is 2. The first-order chi connectivity index (χ1) is 9.91. The van der Waals surface area contributed by atoms with Crippen LogP contribution >= 0.6 is 0 Å². The van der Waals surface area contributed by atoms with Gasteiger partial charge in [0.1, 0.15) is 0 Å². The van der Waals surface area contributed by atoms with Crippen LogP contribution in [0, 0.1) is 5.41 Å². The van der Waals surface area contributed by atoms with E-state index in [2.05, 4.69) is 40.0 Å². The number of urea groups is 1. The van der Waals surface area contributed by atoms with Gasteiger partial charge in [-0.25, -0.2) is 9.48 Å². The molecule has 1 saturated carbocycles. The lowest BCUT2D eigenvalue weighted by Crippen LogP contribution is -2.52. The third kappa shape index (κ3) is 2.85. The van der Waals surface area contributed by atoms with Crippen LogP contribution in [0.2, 0.25) is 0 Å². The second kappa shape index (κ2) is 4.94. The molecule has 1 spiro atoms. The third-order valence-corrected chi connectivity index (χ3v) is 4.32. The summed E-state index contributed by atoms with van der Waals surface area (Å²) in [5, 5.41) is 16.7. The lowest BCUT2D eigenvalue weighted by atomic mass is 9.63. The number of anilines is 1. The zero-order chi connectivity index (χ0) is 15.1. The molecule has 1 aromatic rings. The molecule has 1 aliphatic heterocycles. The van der Waals surface area contributed by atoms with Crippen molar-refractivity contribution >= 4 is 12.0 Å². The van der Waals surface area contributed by atoms with Gasteiger partial charge < -0.3 is 10.1 Å². The summed E-state index contributed by atoms with van der Waals surface area (Å²) in [5.41, 5.74) is 0.225. The van der Waals surface area contributed by atoms with E-state index < -0.39 is 0 Å². The molecular weight excluding hydrogens is 272 g/mol. The molecule has 0 aromatic carbocycles. The molecule has 2 amide bonds. The highest BCUT2D eigenvalue weighted by molar-refractivity contribution is 5.87. The summed E-state index contributed by atoms with van der Waals surface area (Å²) in [7, 11) is 0. The van der Waals surface area contributed by atoms with E-state index in [1.807, 2.05) is 6.92 Å². The minimum Gasteiger partial charge on any atom is -0.375 e. The van der Waals surface area contributed by atoms with Gasteiger partial charge in [0.15, 0.2) is 0 Å². The first kappa shape index (κ1) is 14.2. The molecule has 2 aliphatic rings. The van der Waals surface area contributed by atoms with Gasteiger partial charge in [-0.05, 0) is 50.5 Å². The van der Waals surface area contributed by atoms with Gasteiger partial charge in [0.2, 0.25) is 0 Å². The second-order valence-corrected chi connectivity index (χ2v) is 6.75. The van der Waals surface area contributed by atoms with Crippen LogP contribution in [0.5, 0.6) is 0 Å². The van der Waals surface area contributed by atoms with Crippen molar-refractivity contribution in [2.45, 2.75) is 58.2 Å². The fourth-order valence-electron chi connectivity index (χ4n) is 3.53. The topological polar surface area (TPSA) is 94.0 Å². The van der Waals surface area contributed by atoms with Crippen molar-refractivity contribution < 1.29 is 9.53 Å². The van der Waals surface area contributed by atoms with Crippen molar-refractivity contribution in [1.29, 1.82) is 0 Å². The van der Waals surface area contributed by atoms with E-state index in [4.69, 9.17) is 4.74 Å². The van der Waals surface area contributed by atoms with Crippen molar-refractivity contribution in [2.24, 2.45) is 5.41 Å². The number of hydrogen-bond donors (Lipinski definition) is 2. The van der Waals surface area contributed by atoms with Crippen molar-refractivity contribution in [2.75, 3.05) is 11.9 Å². The molecule has 1 aromatic heterocycles. The maximum Gasteiger partial charge on any atom is 0.321 e. The number of ether oxygens (including phenoxy) is 1. The zero-order valence-electron chi connectivity index (χ0n) is 12.7. The lowest BCUT2D eigenvalue weighted by Gasteiger charge is -2.44. The highest BCUT2D eigenvalue weighted by Crippen LogP contribution is 2.52. The highest BCUT2D eigenvalue weighted by atomic mass is 16.5. The zero-order valence-corrected chi connectivity index (χ0v) is 12.7. The van der Waals surface area contributed by atoms with Gasteiger partial charge in [-0.1, -0.05) is 5.10 Å². The molecule has 3 rings (SSSR count). The van der Waals surface area contributed by atoms with Crippen LogP contribution in [-0.2, 0) is 11.3 Å². The molecule has 116 valence electrons. The predicted molar refractivity (Wildman–Crippen MR) is 75.7 cm³/mol. The summed E-state index contributed by atoms with van der Waals surface area (Å²) in [6, 6.07) is -0.0500. The van der Waals surface area contributed by atoms with Crippen LogP contribution < -0.4 is 10.6 Å². The number of rotatable bonds is 3. The SMILES string of the molecule is CCn1nnnc1NC(=O)NC1CC2(COC(C)(C)C2)C1. The standard InChI is InChI=1S/C13H22N6O2/c1-4-19-10(16-17-18-19)15-11(20)14-9-5-13(6-9)7-12(2,3)21-8-13/h9H,4-8H2,1-3H3,(H2,14,15,16,18,20). The van der Waals surface area contributed by atoms with E-state index in [-0.39, 0.29) is 23.1 Å². The Morgan fingerprint density at radius 1 is 1.48 bits per heavy atom. The molecule has 0 radical (unpaired) electrons. The van der Waals surface area contributed by atoms with Crippen molar-refractivity contribution in [3.63, 3.8) is 0 Å². The smallest absolute Gasteiger partial charge is 0.321 e. The van der Waals surface area contributed by atoms with Gasteiger partial charge in [-0.15, -0.1) is 0 Å². The fourth-order valence-corrected chi connectivity index (χ4v) is 3.53. The quantitative estimate of drug-likeness (QED) is 0.872. The van der Waals surface area contributed by atoms with Gasteiger partial charge in [0, 0.05) is 18.0 Å². The largest absolute Gasteiger partial charge is 0.375 e. The summed E-state index contributed by atoms with van der Waals surface area (Å²) in [5.74, 6) is 0.370. The van der Waals surface area contributed by atoms with Crippen LogP contribution in [0.4, 0.5) is 10.7 Å². The van der Waals surface area contributed by atoms with E-state index in [1.165, 1.54) is 4.68 Å². The van der Waals surface area contributed by atoms with Crippen molar-refractivity contribution in [1.82, 2.24) is 25.5 Å². The van der Waals surface area contributed by atoms with E-state index in [0.717, 1.165) is 25.9 Å². The normalized spacial score (nSPS) is 30.1. The molecule has 2 heterocycles. The summed E-state index contributed by atoms with van der Waals surface area (Å²) in [6.45, 7) is 7.58. The third-order valence-electron chi connectivity index (χ3n) is 4.32. The fraction of sp³-hybridized carbons (Fsp3) is 0.846. The molecule has 1 saturated heterocycles. The molecule has 0 atom stereocenters. The van der Waals surface area contributed by atoms with E-state index in [1.54, 1.807) is 0 Å². The van der Waals surface area contributed by atoms with Crippen LogP contribution in [-0.4, -0.2) is 44.5 Å². The molecule has 21 heavy (non-hydrogen) atoms. The maximum absolute atomic E-state index is 12.0. The minimum absolute atomic E-state index is 0.0313. The number of aromatic nitrogens is 4. The first-order valence-electron chi connectivity index (χ1n) is 7.39. The molecule has 0 bridgehead atoms. The average molecular weight is 294 g/mol. The van der Waals surface area contributed by atoms with E-state index >= 15 is 0 Å². The van der Waals surface area contributed by atoms with E-state index in [0.29, 0.717) is 12.5 Å². The maximum atomic E-state index is 12.0. The van der Waals surface area contributed by atoms with Gasteiger partial charge in [-0.3, -0.25) is 5.32 Å². The molecular formula is C13H22N6O2. The summed E-state index contributed by atoms with van der Waals surface area (Å²) >= 11 is 0. The Labute approximate surface area is 123 Å². The number of nitrogens with one attached hydrogen (secondary N) is 2. The molecule has 1 aliphatic carbocycles. The molecule has 2 N–H and O–H groups in total. The number of hydrogen-bond acceptors (Lipinski definition) is 5.